The number of halogens is 1. The minimum absolute atomic E-state index is 0.0126. The summed E-state index contributed by atoms with van der Waals surface area (Å²) in [7, 11) is 2.15. The van der Waals surface area contributed by atoms with Crippen molar-refractivity contribution in [1.82, 2.24) is 24.7 Å². The van der Waals surface area contributed by atoms with Crippen LogP contribution in [0.3, 0.4) is 0 Å². The van der Waals surface area contributed by atoms with Crippen molar-refractivity contribution >= 4 is 6.03 Å². The minimum Gasteiger partial charge on any atom is -0.336 e. The van der Waals surface area contributed by atoms with Gasteiger partial charge in [0.15, 0.2) is 0 Å². The molecule has 2 aliphatic heterocycles. The maximum atomic E-state index is 13.3. The van der Waals surface area contributed by atoms with E-state index in [1.54, 1.807) is 0 Å². The van der Waals surface area contributed by atoms with E-state index in [9.17, 15) is 9.18 Å². The van der Waals surface area contributed by atoms with Crippen molar-refractivity contribution in [3.8, 4) is 11.3 Å². The molecular weight excluding hydrogens is 357 g/mol. The molecule has 0 saturated carbocycles. The molecule has 6 nitrogen and oxygen atoms in total. The maximum Gasteiger partial charge on any atom is 0.317 e. The monoisotopic (exact) mass is 385 g/mol. The molecule has 0 unspecified atom stereocenters. The van der Waals surface area contributed by atoms with Crippen LogP contribution in [0.1, 0.15) is 32.5 Å². The number of nitrogens with one attached hydrogen (secondary N) is 1. The number of piperidine rings is 1. The first-order chi connectivity index (χ1) is 13.4. The maximum absolute atomic E-state index is 13.3. The van der Waals surface area contributed by atoms with Gasteiger partial charge in [0.1, 0.15) is 11.6 Å². The van der Waals surface area contributed by atoms with Crippen LogP contribution in [0.2, 0.25) is 0 Å². The normalized spacial score (nSPS) is 19.1. The second kappa shape index (κ2) is 7.20. The molecule has 2 amide bonds. The van der Waals surface area contributed by atoms with Crippen molar-refractivity contribution in [1.29, 1.82) is 0 Å². The third-order valence-corrected chi connectivity index (χ3v) is 6.09. The Morgan fingerprint density at radius 3 is 2.46 bits per heavy atom. The number of amides is 2. The molecule has 1 spiro atoms. The van der Waals surface area contributed by atoms with Gasteiger partial charge >= 0.3 is 6.03 Å². The Morgan fingerprint density at radius 1 is 1.14 bits per heavy atom. The van der Waals surface area contributed by atoms with Crippen molar-refractivity contribution in [2.45, 2.75) is 44.8 Å². The van der Waals surface area contributed by atoms with E-state index in [1.165, 1.54) is 12.1 Å². The largest absolute Gasteiger partial charge is 0.336 e. The highest BCUT2D eigenvalue weighted by molar-refractivity contribution is 5.74. The highest BCUT2D eigenvalue weighted by Gasteiger charge is 2.46. The predicted octanol–water partition coefficient (Wildman–Crippen LogP) is 3.04. The van der Waals surface area contributed by atoms with Crippen molar-refractivity contribution in [2.24, 2.45) is 0 Å². The van der Waals surface area contributed by atoms with E-state index in [1.807, 2.05) is 37.1 Å². The number of benzene rings is 1. The number of likely N-dealkylation sites (N-methyl/N-ethyl adjacent to an activating group) is 1. The molecule has 3 heterocycles. The Kier molecular flexibility index (Phi) is 4.87. The van der Waals surface area contributed by atoms with Gasteiger partial charge in [-0.25, -0.2) is 14.2 Å². The lowest BCUT2D eigenvalue weighted by molar-refractivity contribution is 0.0184. The molecule has 1 saturated heterocycles. The summed E-state index contributed by atoms with van der Waals surface area (Å²) < 4.78 is 15.6. The lowest BCUT2D eigenvalue weighted by Gasteiger charge is -2.49. The van der Waals surface area contributed by atoms with E-state index < -0.39 is 0 Å². The van der Waals surface area contributed by atoms with Gasteiger partial charge in [0.05, 0.1) is 17.4 Å². The zero-order chi connectivity index (χ0) is 19.9. The Labute approximate surface area is 165 Å². The molecular formula is C21H28FN5O. The SMILES string of the molecule is CC(C)NC(=O)N1CCC2(CC1)c1ncc(-c3ccc(F)cc3)n1CCN2C. The summed E-state index contributed by atoms with van der Waals surface area (Å²) in [6.07, 6.45) is 3.62. The van der Waals surface area contributed by atoms with Crippen molar-refractivity contribution in [2.75, 3.05) is 26.7 Å². The zero-order valence-corrected chi connectivity index (χ0v) is 16.8. The Balaban J connectivity index is 1.61. The number of urea groups is 1. The molecule has 0 radical (unpaired) electrons. The summed E-state index contributed by atoms with van der Waals surface area (Å²) in [5.74, 6) is 0.829. The number of carbonyl (C=O) groups is 1. The van der Waals surface area contributed by atoms with Crippen LogP contribution in [0.5, 0.6) is 0 Å². The fraction of sp³-hybridized carbons (Fsp3) is 0.524. The van der Waals surface area contributed by atoms with E-state index in [0.717, 1.165) is 43.0 Å². The molecule has 4 rings (SSSR count). The van der Waals surface area contributed by atoms with Crippen molar-refractivity contribution < 1.29 is 9.18 Å². The van der Waals surface area contributed by atoms with Gasteiger partial charge in [-0.05, 0) is 63.6 Å². The molecule has 150 valence electrons. The van der Waals surface area contributed by atoms with Crippen LogP contribution in [0, 0.1) is 5.82 Å². The first kappa shape index (κ1) is 18.9. The van der Waals surface area contributed by atoms with Gasteiger partial charge in [-0.3, -0.25) is 4.90 Å². The fourth-order valence-electron chi connectivity index (χ4n) is 4.48. The smallest absolute Gasteiger partial charge is 0.317 e. The first-order valence-electron chi connectivity index (χ1n) is 9.99. The third-order valence-electron chi connectivity index (χ3n) is 6.09. The second-order valence-electron chi connectivity index (χ2n) is 8.17. The number of imidazole rings is 1. The van der Waals surface area contributed by atoms with E-state index in [4.69, 9.17) is 4.98 Å². The number of hydrogen-bond acceptors (Lipinski definition) is 3. The summed E-state index contributed by atoms with van der Waals surface area (Å²) in [6.45, 7) is 7.16. The van der Waals surface area contributed by atoms with Gasteiger partial charge in [0.25, 0.3) is 0 Å². The van der Waals surface area contributed by atoms with Crippen LogP contribution in [-0.4, -0.2) is 58.1 Å². The molecule has 0 atom stereocenters. The molecule has 2 aromatic rings. The van der Waals surface area contributed by atoms with E-state index in [2.05, 4.69) is 21.8 Å². The summed E-state index contributed by atoms with van der Waals surface area (Å²) in [5.41, 5.74) is 1.85. The Morgan fingerprint density at radius 2 is 1.82 bits per heavy atom. The molecule has 1 N–H and O–H groups in total. The van der Waals surface area contributed by atoms with Gasteiger partial charge in [-0.2, -0.15) is 0 Å². The molecule has 7 heteroatoms. The number of fused-ring (bicyclic) bond motifs is 2. The highest BCUT2D eigenvalue weighted by Crippen LogP contribution is 2.41. The number of rotatable bonds is 2. The first-order valence-corrected chi connectivity index (χ1v) is 9.99. The average molecular weight is 385 g/mol. The Hall–Kier alpha value is -2.41. The van der Waals surface area contributed by atoms with Crippen molar-refractivity contribution in [3.63, 3.8) is 0 Å². The lowest BCUT2D eigenvalue weighted by Crippen LogP contribution is -2.58. The number of likely N-dealkylation sites (tertiary alicyclic amines) is 1. The summed E-state index contributed by atoms with van der Waals surface area (Å²) >= 11 is 0. The molecule has 1 aromatic carbocycles. The van der Waals surface area contributed by atoms with Crippen LogP contribution >= 0.6 is 0 Å². The quantitative estimate of drug-likeness (QED) is 0.865. The number of carbonyl (C=O) groups excluding carboxylic acids is 1. The summed E-state index contributed by atoms with van der Waals surface area (Å²) in [5, 5.41) is 2.99. The van der Waals surface area contributed by atoms with Gasteiger partial charge in [0.2, 0.25) is 0 Å². The van der Waals surface area contributed by atoms with Crippen LogP contribution in [0.4, 0.5) is 9.18 Å². The van der Waals surface area contributed by atoms with Crippen molar-refractivity contribution in [3.05, 3.63) is 42.1 Å². The van der Waals surface area contributed by atoms with Crippen LogP contribution in [0.25, 0.3) is 11.3 Å². The molecule has 1 fully saturated rings. The molecule has 0 aliphatic carbocycles. The average Bonchev–Trinajstić information content (AvgIpc) is 3.10. The number of nitrogens with zero attached hydrogens (tertiary/aromatic N) is 4. The molecule has 0 bridgehead atoms. The Bertz CT molecular complexity index is 852. The highest BCUT2D eigenvalue weighted by atomic mass is 19.1. The predicted molar refractivity (Wildman–Crippen MR) is 106 cm³/mol. The van der Waals surface area contributed by atoms with E-state index >= 15 is 0 Å². The van der Waals surface area contributed by atoms with E-state index in [0.29, 0.717) is 13.1 Å². The van der Waals surface area contributed by atoms with E-state index in [-0.39, 0.29) is 23.4 Å². The summed E-state index contributed by atoms with van der Waals surface area (Å²) in [4.78, 5) is 21.5. The number of aromatic nitrogens is 2. The molecule has 28 heavy (non-hydrogen) atoms. The van der Waals surface area contributed by atoms with Crippen LogP contribution < -0.4 is 5.32 Å². The third kappa shape index (κ3) is 3.17. The van der Waals surface area contributed by atoms with Crippen LogP contribution in [0.15, 0.2) is 30.5 Å². The molecule has 2 aliphatic rings. The van der Waals surface area contributed by atoms with Gasteiger partial charge in [-0.1, -0.05) is 0 Å². The van der Waals surface area contributed by atoms with Gasteiger partial charge < -0.3 is 14.8 Å². The second-order valence-corrected chi connectivity index (χ2v) is 8.17. The standard InChI is InChI=1S/C21H28FN5O/c1-15(2)24-20(28)26-10-8-21(9-11-26)19-23-14-18(27(19)13-12-25(21)3)16-4-6-17(22)7-5-16/h4-7,14-15H,8-13H2,1-3H3,(H,24,28). The van der Waals surface area contributed by atoms with Crippen LogP contribution in [-0.2, 0) is 12.1 Å². The van der Waals surface area contributed by atoms with Gasteiger partial charge in [0, 0.05) is 32.2 Å². The fourth-order valence-corrected chi connectivity index (χ4v) is 4.48. The van der Waals surface area contributed by atoms with Gasteiger partial charge in [-0.15, -0.1) is 0 Å². The molecule has 1 aromatic heterocycles. The zero-order valence-electron chi connectivity index (χ0n) is 16.8. The lowest BCUT2D eigenvalue weighted by atomic mass is 9.83. The topological polar surface area (TPSA) is 53.4 Å². The number of hydrogen-bond donors (Lipinski definition) is 1. The minimum atomic E-state index is -0.231. The summed E-state index contributed by atoms with van der Waals surface area (Å²) in [6, 6.07) is 6.75.